The summed E-state index contributed by atoms with van der Waals surface area (Å²) in [6.45, 7) is 2.44. The largest absolute Gasteiger partial charge is 0.347 e. The van der Waals surface area contributed by atoms with E-state index in [-0.39, 0.29) is 11.6 Å². The van der Waals surface area contributed by atoms with Gasteiger partial charge in [0, 0.05) is 29.1 Å². The molecule has 6 nitrogen and oxygen atoms in total. The molecule has 0 atom stereocenters. The summed E-state index contributed by atoms with van der Waals surface area (Å²) in [5, 5.41) is 14.0. The molecule has 0 fully saturated rings. The second-order valence-corrected chi connectivity index (χ2v) is 6.29. The van der Waals surface area contributed by atoms with Crippen LogP contribution in [0.2, 0.25) is 0 Å². The van der Waals surface area contributed by atoms with Gasteiger partial charge in [0.1, 0.15) is 0 Å². The van der Waals surface area contributed by atoms with Crippen molar-refractivity contribution in [2.75, 3.05) is 5.32 Å². The molecule has 0 aliphatic carbocycles. The third-order valence-corrected chi connectivity index (χ3v) is 4.40. The fourth-order valence-corrected chi connectivity index (χ4v) is 2.49. The van der Waals surface area contributed by atoms with Crippen molar-refractivity contribution in [3.05, 3.63) is 76.2 Å². The Labute approximate surface area is 153 Å². The van der Waals surface area contributed by atoms with Gasteiger partial charge < -0.3 is 10.6 Å². The quantitative estimate of drug-likeness (QED) is 0.687. The number of benzene rings is 1. The number of aromatic nitrogens is 3. The summed E-state index contributed by atoms with van der Waals surface area (Å²) in [4.78, 5) is 16.1. The number of pyridine rings is 1. The third-order valence-electron chi connectivity index (χ3n) is 3.54. The van der Waals surface area contributed by atoms with Crippen LogP contribution < -0.4 is 10.6 Å². The van der Waals surface area contributed by atoms with Crippen molar-refractivity contribution in [2.24, 2.45) is 0 Å². The minimum Gasteiger partial charge on any atom is -0.347 e. The molecule has 1 aromatic carbocycles. The van der Waals surface area contributed by atoms with Crippen molar-refractivity contribution < 1.29 is 4.79 Å². The zero-order valence-corrected chi connectivity index (χ0v) is 15.1. The molecule has 25 heavy (non-hydrogen) atoms. The highest BCUT2D eigenvalue weighted by Gasteiger charge is 2.08. The van der Waals surface area contributed by atoms with E-state index in [1.807, 2.05) is 37.3 Å². The molecule has 0 unspecified atom stereocenters. The molecule has 0 aliphatic heterocycles. The Morgan fingerprint density at radius 2 is 1.88 bits per heavy atom. The Morgan fingerprint density at radius 3 is 2.56 bits per heavy atom. The molecule has 0 saturated carbocycles. The molecule has 1 amide bonds. The van der Waals surface area contributed by atoms with Gasteiger partial charge in [0.25, 0.3) is 5.91 Å². The summed E-state index contributed by atoms with van der Waals surface area (Å²) in [5.41, 5.74) is 3.28. The second kappa shape index (κ2) is 7.85. The first-order chi connectivity index (χ1) is 12.1. The number of amides is 1. The van der Waals surface area contributed by atoms with Crippen molar-refractivity contribution >= 4 is 33.3 Å². The summed E-state index contributed by atoms with van der Waals surface area (Å²) >= 11 is 3.49. The maximum atomic E-state index is 12.1. The molecular formula is C18H16BrN5O. The van der Waals surface area contributed by atoms with E-state index in [0.717, 1.165) is 21.3 Å². The van der Waals surface area contributed by atoms with Crippen LogP contribution in [0.4, 0.5) is 11.5 Å². The zero-order chi connectivity index (χ0) is 17.6. The molecule has 0 saturated heterocycles. The molecule has 126 valence electrons. The number of carbonyl (C=O) groups is 1. The van der Waals surface area contributed by atoms with Gasteiger partial charge >= 0.3 is 0 Å². The predicted molar refractivity (Wildman–Crippen MR) is 99.6 cm³/mol. The molecule has 0 bridgehead atoms. The van der Waals surface area contributed by atoms with Gasteiger partial charge in [-0.3, -0.25) is 9.78 Å². The van der Waals surface area contributed by atoms with Gasteiger partial charge in [0.2, 0.25) is 0 Å². The van der Waals surface area contributed by atoms with Crippen LogP contribution in [0.15, 0.2) is 59.3 Å². The van der Waals surface area contributed by atoms with E-state index in [9.17, 15) is 4.79 Å². The van der Waals surface area contributed by atoms with Crippen LogP contribution in [0.25, 0.3) is 0 Å². The number of carbonyl (C=O) groups excluding carboxylic acids is 1. The Bertz CT molecular complexity index is 868. The van der Waals surface area contributed by atoms with E-state index in [2.05, 4.69) is 41.7 Å². The van der Waals surface area contributed by atoms with Crippen molar-refractivity contribution in [1.82, 2.24) is 20.5 Å². The number of hydrogen-bond donors (Lipinski definition) is 2. The Hall–Kier alpha value is -2.80. The van der Waals surface area contributed by atoms with Crippen LogP contribution in [-0.2, 0) is 6.54 Å². The van der Waals surface area contributed by atoms with Crippen molar-refractivity contribution in [2.45, 2.75) is 13.5 Å². The highest BCUT2D eigenvalue weighted by molar-refractivity contribution is 9.10. The molecule has 0 radical (unpaired) electrons. The molecule has 0 aliphatic rings. The molecule has 2 aromatic heterocycles. The van der Waals surface area contributed by atoms with E-state index in [4.69, 9.17) is 0 Å². The van der Waals surface area contributed by atoms with Crippen LogP contribution in [-0.4, -0.2) is 21.1 Å². The van der Waals surface area contributed by atoms with E-state index in [0.29, 0.717) is 12.4 Å². The number of nitrogens with zero attached hydrogens (tertiary/aromatic N) is 3. The van der Waals surface area contributed by atoms with E-state index >= 15 is 0 Å². The van der Waals surface area contributed by atoms with Gasteiger partial charge in [0.05, 0.1) is 0 Å². The number of anilines is 2. The maximum Gasteiger partial charge on any atom is 0.272 e. The number of hydrogen-bond acceptors (Lipinski definition) is 5. The fraction of sp³-hybridized carbons (Fsp3) is 0.111. The number of nitrogens with one attached hydrogen (secondary N) is 2. The highest BCUT2D eigenvalue weighted by Crippen LogP contribution is 2.22. The predicted octanol–water partition coefficient (Wildman–Crippen LogP) is 3.62. The van der Waals surface area contributed by atoms with Crippen LogP contribution in [0.3, 0.4) is 0 Å². The normalized spacial score (nSPS) is 10.3. The minimum atomic E-state index is -0.269. The lowest BCUT2D eigenvalue weighted by Gasteiger charge is -2.08. The lowest BCUT2D eigenvalue weighted by atomic mass is 10.2. The summed E-state index contributed by atoms with van der Waals surface area (Å²) in [6.07, 6.45) is 3.37. The molecule has 2 N–H and O–H groups in total. The minimum absolute atomic E-state index is 0.268. The van der Waals surface area contributed by atoms with Crippen LogP contribution in [0, 0.1) is 6.92 Å². The molecule has 0 spiro atoms. The van der Waals surface area contributed by atoms with E-state index in [1.54, 1.807) is 24.5 Å². The molecular weight excluding hydrogens is 382 g/mol. The zero-order valence-electron chi connectivity index (χ0n) is 13.5. The van der Waals surface area contributed by atoms with Crippen molar-refractivity contribution in [3.8, 4) is 0 Å². The standard InChI is InChI=1S/C18H16BrN5O/c1-12-2-3-14(10-15(12)19)22-17-5-4-16(23-24-17)18(25)21-11-13-6-8-20-9-7-13/h2-10H,11H2,1H3,(H,21,25)(H,22,24). The Balaban J connectivity index is 1.61. The molecule has 3 aromatic rings. The summed E-state index contributed by atoms with van der Waals surface area (Å²) in [7, 11) is 0. The summed E-state index contributed by atoms with van der Waals surface area (Å²) in [6, 6.07) is 13.0. The highest BCUT2D eigenvalue weighted by atomic mass is 79.9. The van der Waals surface area contributed by atoms with E-state index < -0.39 is 0 Å². The number of halogens is 1. The lowest BCUT2D eigenvalue weighted by molar-refractivity contribution is 0.0945. The second-order valence-electron chi connectivity index (χ2n) is 5.43. The van der Waals surface area contributed by atoms with Crippen molar-refractivity contribution in [1.29, 1.82) is 0 Å². The first-order valence-corrected chi connectivity index (χ1v) is 8.45. The van der Waals surface area contributed by atoms with Crippen molar-refractivity contribution in [3.63, 3.8) is 0 Å². The Kier molecular flexibility index (Phi) is 5.35. The smallest absolute Gasteiger partial charge is 0.272 e. The van der Waals surface area contributed by atoms with Gasteiger partial charge in [-0.05, 0) is 54.4 Å². The average Bonchev–Trinajstić information content (AvgIpc) is 2.64. The third kappa shape index (κ3) is 4.60. The monoisotopic (exact) mass is 397 g/mol. The summed E-state index contributed by atoms with van der Waals surface area (Å²) in [5.74, 6) is 0.301. The fourth-order valence-electron chi connectivity index (χ4n) is 2.11. The van der Waals surface area contributed by atoms with Crippen LogP contribution >= 0.6 is 15.9 Å². The SMILES string of the molecule is Cc1ccc(Nc2ccc(C(=O)NCc3ccncc3)nn2)cc1Br. The average molecular weight is 398 g/mol. The van der Waals surface area contributed by atoms with Gasteiger partial charge in [-0.1, -0.05) is 22.0 Å². The van der Waals surface area contributed by atoms with Gasteiger partial charge in [0.15, 0.2) is 11.5 Å². The molecule has 7 heteroatoms. The van der Waals surface area contributed by atoms with Gasteiger partial charge in [-0.25, -0.2) is 0 Å². The van der Waals surface area contributed by atoms with Gasteiger partial charge in [-0.2, -0.15) is 0 Å². The van der Waals surface area contributed by atoms with E-state index in [1.165, 1.54) is 0 Å². The van der Waals surface area contributed by atoms with Gasteiger partial charge in [-0.15, -0.1) is 10.2 Å². The topological polar surface area (TPSA) is 79.8 Å². The first kappa shape index (κ1) is 17.0. The first-order valence-electron chi connectivity index (χ1n) is 7.66. The molecule has 2 heterocycles. The number of aryl methyl sites for hydroxylation is 1. The molecule has 3 rings (SSSR count). The number of rotatable bonds is 5. The summed E-state index contributed by atoms with van der Waals surface area (Å²) < 4.78 is 1.01. The lowest BCUT2D eigenvalue weighted by Crippen LogP contribution is -2.24. The van der Waals surface area contributed by atoms with Crippen LogP contribution in [0.5, 0.6) is 0 Å². The Morgan fingerprint density at radius 1 is 1.08 bits per heavy atom. The maximum absolute atomic E-state index is 12.1. The van der Waals surface area contributed by atoms with Crippen LogP contribution in [0.1, 0.15) is 21.6 Å².